The summed E-state index contributed by atoms with van der Waals surface area (Å²) in [6.45, 7) is 0. The summed E-state index contributed by atoms with van der Waals surface area (Å²) in [5, 5.41) is 19.9. The Labute approximate surface area is 76.8 Å². The van der Waals surface area contributed by atoms with Crippen LogP contribution in [0.2, 0.25) is 0 Å². The molecule has 1 aromatic carbocycles. The van der Waals surface area contributed by atoms with Crippen LogP contribution in [0, 0.1) is 0 Å². The number of phenolic OH excluding ortho intramolecular Hbond substituents is 1. The minimum absolute atomic E-state index is 0.0741. The molecule has 1 aromatic rings. The van der Waals surface area contributed by atoms with Gasteiger partial charge in [-0.05, 0) is 38.4 Å². The molecule has 0 spiro atoms. The number of aromatic hydroxyl groups is 1. The van der Waals surface area contributed by atoms with Gasteiger partial charge in [-0.25, -0.2) is 4.79 Å². The maximum atomic E-state index is 10.2. The summed E-state index contributed by atoms with van der Waals surface area (Å²) in [6, 6.07) is 5.36. The van der Waals surface area contributed by atoms with Crippen LogP contribution >= 0.6 is 0 Å². The van der Waals surface area contributed by atoms with E-state index in [1.807, 2.05) is 14.1 Å². The Bertz CT molecular complexity index is 256. The Morgan fingerprint density at radius 1 is 1.23 bits per heavy atom. The molecule has 0 fully saturated rings. The third-order valence-corrected chi connectivity index (χ3v) is 1.11. The Morgan fingerprint density at radius 2 is 1.62 bits per heavy atom. The van der Waals surface area contributed by atoms with E-state index < -0.39 is 5.97 Å². The highest BCUT2D eigenvalue weighted by molar-refractivity contribution is 5.87. The third-order valence-electron chi connectivity index (χ3n) is 1.11. The summed E-state index contributed by atoms with van der Waals surface area (Å²) in [6.07, 6.45) is 0. The number of benzene rings is 1. The molecule has 0 aliphatic carbocycles. The predicted octanol–water partition coefficient (Wildman–Crippen LogP) is 0.926. The van der Waals surface area contributed by atoms with Crippen LogP contribution < -0.4 is 5.32 Å². The van der Waals surface area contributed by atoms with Gasteiger partial charge in [0.25, 0.3) is 0 Å². The van der Waals surface area contributed by atoms with E-state index >= 15 is 0 Å². The van der Waals surface area contributed by atoms with Gasteiger partial charge >= 0.3 is 5.97 Å². The first-order valence-corrected chi connectivity index (χ1v) is 3.72. The van der Waals surface area contributed by atoms with Crippen molar-refractivity contribution in [2.45, 2.75) is 0 Å². The lowest BCUT2D eigenvalue weighted by molar-refractivity contribution is 0.0697. The fourth-order valence-electron chi connectivity index (χ4n) is 0.604. The average molecular weight is 183 g/mol. The van der Waals surface area contributed by atoms with Gasteiger partial charge in [-0.3, -0.25) is 0 Å². The van der Waals surface area contributed by atoms with Crippen molar-refractivity contribution in [2.75, 3.05) is 14.1 Å². The normalized spacial score (nSPS) is 8.46. The zero-order valence-corrected chi connectivity index (χ0v) is 7.61. The van der Waals surface area contributed by atoms with Gasteiger partial charge in [0.15, 0.2) is 0 Å². The summed E-state index contributed by atoms with van der Waals surface area (Å²) < 4.78 is 0. The highest BCUT2D eigenvalue weighted by Gasteiger charge is 1.99. The number of carbonyl (C=O) groups is 1. The van der Waals surface area contributed by atoms with Crippen LogP contribution in [0.1, 0.15) is 10.4 Å². The smallest absolute Gasteiger partial charge is 0.335 e. The highest BCUT2D eigenvalue weighted by Crippen LogP contribution is 2.08. The summed E-state index contributed by atoms with van der Waals surface area (Å²) in [5.74, 6) is -0.912. The number of carboxylic acid groups (broad SMARTS) is 1. The lowest BCUT2D eigenvalue weighted by atomic mass is 10.2. The fraction of sp³-hybridized carbons (Fsp3) is 0.222. The molecule has 0 aromatic heterocycles. The Kier molecular flexibility index (Phi) is 5.30. The Balaban J connectivity index is 0.000000424. The predicted molar refractivity (Wildman–Crippen MR) is 50.0 cm³/mol. The topological polar surface area (TPSA) is 69.6 Å². The molecule has 72 valence electrons. The van der Waals surface area contributed by atoms with Crippen molar-refractivity contribution in [2.24, 2.45) is 0 Å². The molecule has 0 heterocycles. The number of nitrogens with one attached hydrogen (secondary N) is 1. The van der Waals surface area contributed by atoms with E-state index in [0.717, 1.165) is 0 Å². The summed E-state index contributed by atoms with van der Waals surface area (Å²) in [5.41, 5.74) is 0.179. The van der Waals surface area contributed by atoms with Crippen LogP contribution in [0.3, 0.4) is 0 Å². The van der Waals surface area contributed by atoms with E-state index in [0.29, 0.717) is 0 Å². The zero-order chi connectivity index (χ0) is 10.3. The maximum absolute atomic E-state index is 10.2. The lowest BCUT2D eigenvalue weighted by Gasteiger charge is -1.92. The fourth-order valence-corrected chi connectivity index (χ4v) is 0.604. The number of hydrogen-bond acceptors (Lipinski definition) is 3. The van der Waals surface area contributed by atoms with Crippen LogP contribution in [0.4, 0.5) is 0 Å². The van der Waals surface area contributed by atoms with Gasteiger partial charge in [0.05, 0.1) is 5.56 Å². The van der Waals surface area contributed by atoms with Crippen molar-refractivity contribution in [3.05, 3.63) is 29.8 Å². The van der Waals surface area contributed by atoms with Gasteiger partial charge in [-0.1, -0.05) is 0 Å². The number of phenols is 1. The molecule has 0 aliphatic heterocycles. The minimum atomic E-state index is -0.986. The largest absolute Gasteiger partial charge is 0.508 e. The molecule has 0 aliphatic rings. The van der Waals surface area contributed by atoms with Crippen LogP contribution in [0.15, 0.2) is 24.3 Å². The van der Waals surface area contributed by atoms with Crippen molar-refractivity contribution in [1.82, 2.24) is 5.32 Å². The molecule has 0 saturated heterocycles. The van der Waals surface area contributed by atoms with Crippen molar-refractivity contribution in [3.8, 4) is 5.75 Å². The van der Waals surface area contributed by atoms with Gasteiger partial charge < -0.3 is 15.5 Å². The van der Waals surface area contributed by atoms with Gasteiger partial charge in [0, 0.05) is 0 Å². The van der Waals surface area contributed by atoms with E-state index in [9.17, 15) is 4.79 Å². The monoisotopic (exact) mass is 183 g/mol. The van der Waals surface area contributed by atoms with Gasteiger partial charge in [-0.15, -0.1) is 0 Å². The molecule has 13 heavy (non-hydrogen) atoms. The van der Waals surface area contributed by atoms with Gasteiger partial charge in [0.1, 0.15) is 5.75 Å². The molecule has 0 radical (unpaired) electrons. The molecule has 4 heteroatoms. The molecule has 1 rings (SSSR count). The molecule has 4 nitrogen and oxygen atoms in total. The number of aromatic carboxylic acids is 1. The molecular formula is C9H13NO3. The second kappa shape index (κ2) is 6.02. The Morgan fingerprint density at radius 3 is 1.92 bits per heavy atom. The number of hydrogen-bond donors (Lipinski definition) is 3. The second-order valence-corrected chi connectivity index (χ2v) is 2.35. The maximum Gasteiger partial charge on any atom is 0.335 e. The average Bonchev–Trinajstić information content (AvgIpc) is 2.06. The van der Waals surface area contributed by atoms with Crippen LogP contribution in [0.5, 0.6) is 5.75 Å². The van der Waals surface area contributed by atoms with Crippen LogP contribution in [0.25, 0.3) is 0 Å². The molecule has 3 N–H and O–H groups in total. The molecule has 0 bridgehead atoms. The van der Waals surface area contributed by atoms with Gasteiger partial charge in [0.2, 0.25) is 0 Å². The first-order valence-electron chi connectivity index (χ1n) is 3.72. The molecule has 0 amide bonds. The second-order valence-electron chi connectivity index (χ2n) is 2.35. The standard InChI is InChI=1S/C7H6O3.C2H7N/c8-6-3-1-5(2-4-6)7(9)10;1-3-2/h1-4,8H,(H,9,10);3H,1-2H3. The quantitative estimate of drug-likeness (QED) is 0.605. The summed E-state index contributed by atoms with van der Waals surface area (Å²) in [7, 11) is 3.75. The number of rotatable bonds is 1. The van der Waals surface area contributed by atoms with Crippen LogP contribution in [-0.4, -0.2) is 30.3 Å². The summed E-state index contributed by atoms with van der Waals surface area (Å²) in [4.78, 5) is 10.2. The number of carboxylic acids is 1. The molecule has 0 atom stereocenters. The van der Waals surface area contributed by atoms with Crippen LogP contribution in [-0.2, 0) is 0 Å². The molecule has 0 saturated carbocycles. The minimum Gasteiger partial charge on any atom is -0.508 e. The molecular weight excluding hydrogens is 170 g/mol. The van der Waals surface area contributed by atoms with E-state index in [1.165, 1.54) is 24.3 Å². The summed E-state index contributed by atoms with van der Waals surface area (Å²) >= 11 is 0. The van der Waals surface area contributed by atoms with E-state index in [1.54, 1.807) is 0 Å². The van der Waals surface area contributed by atoms with Crippen molar-refractivity contribution >= 4 is 5.97 Å². The van der Waals surface area contributed by atoms with Crippen molar-refractivity contribution in [3.63, 3.8) is 0 Å². The third kappa shape index (κ3) is 4.81. The van der Waals surface area contributed by atoms with Gasteiger partial charge in [-0.2, -0.15) is 0 Å². The van der Waals surface area contributed by atoms with E-state index in [-0.39, 0.29) is 11.3 Å². The van der Waals surface area contributed by atoms with E-state index in [4.69, 9.17) is 10.2 Å². The zero-order valence-electron chi connectivity index (χ0n) is 7.61. The van der Waals surface area contributed by atoms with Crippen molar-refractivity contribution < 1.29 is 15.0 Å². The first-order chi connectivity index (χ1) is 6.11. The Hall–Kier alpha value is -1.55. The SMILES string of the molecule is CNC.O=C(O)c1ccc(O)cc1. The first kappa shape index (κ1) is 11.4. The van der Waals surface area contributed by atoms with E-state index in [2.05, 4.69) is 5.32 Å². The lowest BCUT2D eigenvalue weighted by Crippen LogP contribution is -1.93. The molecule has 0 unspecified atom stereocenters. The highest BCUT2D eigenvalue weighted by atomic mass is 16.4. The van der Waals surface area contributed by atoms with Crippen molar-refractivity contribution in [1.29, 1.82) is 0 Å².